The average Bonchev–Trinajstić information content (AvgIpc) is 2.40. The second-order valence-electron chi connectivity index (χ2n) is 7.36. The summed E-state index contributed by atoms with van der Waals surface area (Å²) in [4.78, 5) is 0. The van der Waals surface area contributed by atoms with E-state index in [0.29, 0.717) is 23.3 Å². The van der Waals surface area contributed by atoms with Crippen LogP contribution in [0.4, 0.5) is 8.78 Å². The van der Waals surface area contributed by atoms with Crippen LogP contribution >= 0.6 is 0 Å². The smallest absolute Gasteiger partial charge is 0.126 e. The number of halogens is 2. The van der Waals surface area contributed by atoms with Crippen LogP contribution in [0.25, 0.3) is 0 Å². The molecule has 0 radical (unpaired) electrons. The first-order chi connectivity index (χ1) is 10.1. The number of hydrogen-bond acceptors (Lipinski definition) is 2. The summed E-state index contributed by atoms with van der Waals surface area (Å²) < 4.78 is 27.1. The van der Waals surface area contributed by atoms with Gasteiger partial charge in [0.15, 0.2) is 0 Å². The first-order valence-corrected chi connectivity index (χ1v) is 8.06. The van der Waals surface area contributed by atoms with Crippen LogP contribution in [0.3, 0.4) is 0 Å². The van der Waals surface area contributed by atoms with E-state index in [9.17, 15) is 8.78 Å². The fourth-order valence-corrected chi connectivity index (χ4v) is 5.70. The molecule has 1 atom stereocenters. The van der Waals surface area contributed by atoms with Crippen molar-refractivity contribution in [3.8, 4) is 0 Å². The van der Waals surface area contributed by atoms with E-state index < -0.39 is 11.6 Å². The number of hydrazine groups is 1. The summed E-state index contributed by atoms with van der Waals surface area (Å²) in [6.45, 7) is 0. The number of nitrogens with one attached hydrogen (secondary N) is 1. The van der Waals surface area contributed by atoms with Crippen LogP contribution in [0.1, 0.15) is 43.7 Å². The lowest BCUT2D eigenvalue weighted by Crippen LogP contribution is -2.50. The monoisotopic (exact) mass is 292 g/mol. The summed E-state index contributed by atoms with van der Waals surface area (Å²) in [7, 11) is 0. The number of benzene rings is 1. The third kappa shape index (κ3) is 2.29. The zero-order chi connectivity index (χ0) is 14.6. The zero-order valence-corrected chi connectivity index (χ0v) is 12.1. The van der Waals surface area contributed by atoms with E-state index in [1.807, 2.05) is 0 Å². The summed E-state index contributed by atoms with van der Waals surface area (Å²) in [6, 6.07) is 3.65. The Hall–Kier alpha value is -1.00. The van der Waals surface area contributed by atoms with E-state index in [2.05, 4.69) is 5.43 Å². The highest BCUT2D eigenvalue weighted by Crippen LogP contribution is 2.59. The second-order valence-corrected chi connectivity index (χ2v) is 7.36. The molecular weight excluding hydrogens is 270 g/mol. The van der Waals surface area contributed by atoms with Gasteiger partial charge in [-0.05, 0) is 79.4 Å². The third-order valence-electron chi connectivity index (χ3n) is 6.11. The van der Waals surface area contributed by atoms with Gasteiger partial charge in [-0.25, -0.2) is 8.78 Å². The summed E-state index contributed by atoms with van der Waals surface area (Å²) in [5, 5.41) is 0. The maximum Gasteiger partial charge on any atom is 0.126 e. The highest BCUT2D eigenvalue weighted by Gasteiger charge is 2.50. The van der Waals surface area contributed by atoms with Gasteiger partial charge in [0, 0.05) is 12.1 Å². The number of nitrogens with two attached hydrogens (primary N) is 1. The molecule has 0 amide bonds. The first-order valence-electron chi connectivity index (χ1n) is 8.06. The van der Waals surface area contributed by atoms with Crippen molar-refractivity contribution in [3.05, 3.63) is 35.4 Å². The molecule has 2 nitrogen and oxygen atoms in total. The standard InChI is InChI=1S/C17H22F2N2/c18-14-6-13(7-15(19)8-14)17(21-20)16-11-2-9-1-10(4-11)5-12(16)3-9/h6-12,16-17,21H,1-5,20H2. The maximum absolute atomic E-state index is 13.5. The summed E-state index contributed by atoms with van der Waals surface area (Å²) in [5.41, 5.74) is 3.53. The topological polar surface area (TPSA) is 38.0 Å². The van der Waals surface area contributed by atoms with Gasteiger partial charge in [0.1, 0.15) is 11.6 Å². The van der Waals surface area contributed by atoms with Crippen LogP contribution in [0, 0.1) is 41.2 Å². The van der Waals surface area contributed by atoms with Crippen molar-refractivity contribution in [2.45, 2.75) is 38.1 Å². The molecule has 0 aromatic heterocycles. The van der Waals surface area contributed by atoms with Crippen molar-refractivity contribution in [1.29, 1.82) is 0 Å². The van der Waals surface area contributed by atoms with Gasteiger partial charge in [0.25, 0.3) is 0 Å². The summed E-state index contributed by atoms with van der Waals surface area (Å²) >= 11 is 0. The zero-order valence-electron chi connectivity index (χ0n) is 12.1. The first kappa shape index (κ1) is 13.6. The van der Waals surface area contributed by atoms with Gasteiger partial charge in [-0.1, -0.05) is 0 Å². The average molecular weight is 292 g/mol. The van der Waals surface area contributed by atoms with Gasteiger partial charge >= 0.3 is 0 Å². The van der Waals surface area contributed by atoms with Crippen LogP contribution in [-0.2, 0) is 0 Å². The Kier molecular flexibility index (Phi) is 3.27. The van der Waals surface area contributed by atoms with Crippen LogP contribution < -0.4 is 11.3 Å². The predicted octanol–water partition coefficient (Wildman–Crippen LogP) is 3.54. The molecule has 0 heterocycles. The van der Waals surface area contributed by atoms with Crippen LogP contribution in [0.15, 0.2) is 18.2 Å². The lowest BCUT2D eigenvalue weighted by atomic mass is 9.50. The van der Waals surface area contributed by atoms with Gasteiger partial charge in [0.2, 0.25) is 0 Å². The van der Waals surface area contributed by atoms with Gasteiger partial charge in [-0.3, -0.25) is 11.3 Å². The molecule has 3 N–H and O–H groups in total. The highest BCUT2D eigenvalue weighted by atomic mass is 19.1. The molecule has 4 aliphatic carbocycles. The Balaban J connectivity index is 1.66. The minimum Gasteiger partial charge on any atom is -0.271 e. The molecule has 4 fully saturated rings. The fourth-order valence-electron chi connectivity index (χ4n) is 5.70. The van der Waals surface area contributed by atoms with E-state index in [1.54, 1.807) is 0 Å². The third-order valence-corrected chi connectivity index (χ3v) is 6.11. The van der Waals surface area contributed by atoms with Gasteiger partial charge in [-0.2, -0.15) is 0 Å². The minimum atomic E-state index is -0.519. The molecule has 1 aromatic rings. The molecule has 0 saturated heterocycles. The Labute approximate surface area is 124 Å². The molecule has 5 rings (SSSR count). The van der Waals surface area contributed by atoms with E-state index in [-0.39, 0.29) is 6.04 Å². The van der Waals surface area contributed by atoms with Crippen molar-refractivity contribution in [1.82, 2.24) is 5.43 Å². The lowest BCUT2D eigenvalue weighted by molar-refractivity contribution is -0.0526. The molecule has 4 saturated carbocycles. The minimum absolute atomic E-state index is 0.134. The molecule has 1 aromatic carbocycles. The molecule has 1 unspecified atom stereocenters. The summed E-state index contributed by atoms with van der Waals surface area (Å²) in [6.07, 6.45) is 6.48. The second kappa shape index (κ2) is 5.03. The van der Waals surface area contributed by atoms with E-state index in [1.165, 1.54) is 44.2 Å². The van der Waals surface area contributed by atoms with Crippen molar-refractivity contribution in [2.24, 2.45) is 35.4 Å². The maximum atomic E-state index is 13.5. The highest BCUT2D eigenvalue weighted by molar-refractivity contribution is 5.23. The van der Waals surface area contributed by atoms with E-state index in [4.69, 9.17) is 5.84 Å². The Bertz CT molecular complexity index is 497. The van der Waals surface area contributed by atoms with Gasteiger partial charge in [0.05, 0.1) is 0 Å². The summed E-state index contributed by atoms with van der Waals surface area (Å²) in [5.74, 6) is 8.26. The van der Waals surface area contributed by atoms with Crippen LogP contribution in [0.5, 0.6) is 0 Å². The molecule has 4 heteroatoms. The lowest BCUT2D eigenvalue weighted by Gasteiger charge is -2.56. The predicted molar refractivity (Wildman–Crippen MR) is 77.0 cm³/mol. The molecule has 114 valence electrons. The van der Waals surface area contributed by atoms with Crippen molar-refractivity contribution in [3.63, 3.8) is 0 Å². The Morgan fingerprint density at radius 2 is 1.43 bits per heavy atom. The van der Waals surface area contributed by atoms with Crippen molar-refractivity contribution in [2.75, 3.05) is 0 Å². The molecular formula is C17H22F2N2. The normalized spacial score (nSPS) is 38.7. The number of hydrogen-bond donors (Lipinski definition) is 2. The van der Waals surface area contributed by atoms with Gasteiger partial charge < -0.3 is 0 Å². The fraction of sp³-hybridized carbons (Fsp3) is 0.647. The number of rotatable bonds is 3. The largest absolute Gasteiger partial charge is 0.271 e. The van der Waals surface area contributed by atoms with Crippen molar-refractivity contribution >= 4 is 0 Å². The molecule has 4 aliphatic rings. The Morgan fingerprint density at radius 3 is 1.90 bits per heavy atom. The quantitative estimate of drug-likeness (QED) is 0.660. The molecule has 0 spiro atoms. The Morgan fingerprint density at radius 1 is 0.905 bits per heavy atom. The van der Waals surface area contributed by atoms with Gasteiger partial charge in [-0.15, -0.1) is 0 Å². The van der Waals surface area contributed by atoms with E-state index in [0.717, 1.165) is 17.9 Å². The van der Waals surface area contributed by atoms with Crippen molar-refractivity contribution < 1.29 is 8.78 Å². The molecule has 21 heavy (non-hydrogen) atoms. The van der Waals surface area contributed by atoms with Crippen LogP contribution in [-0.4, -0.2) is 0 Å². The molecule has 4 bridgehead atoms. The SMILES string of the molecule is NNC(c1cc(F)cc(F)c1)C1C2CC3CC(C2)CC1C3. The van der Waals surface area contributed by atoms with E-state index >= 15 is 0 Å². The molecule has 0 aliphatic heterocycles. The van der Waals surface area contributed by atoms with Crippen LogP contribution in [0.2, 0.25) is 0 Å².